The summed E-state index contributed by atoms with van der Waals surface area (Å²) in [6.07, 6.45) is 8.90. The lowest BCUT2D eigenvalue weighted by Gasteiger charge is -2.51. The Morgan fingerprint density at radius 1 is 1.00 bits per heavy atom. The van der Waals surface area contributed by atoms with Crippen molar-refractivity contribution in [2.45, 2.75) is 32.1 Å². The molecule has 0 radical (unpaired) electrons. The van der Waals surface area contributed by atoms with Crippen molar-refractivity contribution in [2.24, 2.45) is 23.7 Å². The van der Waals surface area contributed by atoms with Gasteiger partial charge in [-0.25, -0.2) is 0 Å². The molecule has 4 bridgehead atoms. The number of allylic oxidation sites excluding steroid dienone is 2. The van der Waals surface area contributed by atoms with Crippen molar-refractivity contribution < 1.29 is 0 Å². The summed E-state index contributed by atoms with van der Waals surface area (Å²) in [5.41, 5.74) is 1.51. The summed E-state index contributed by atoms with van der Waals surface area (Å²) in [5, 5.41) is 8.72. The smallest absolute Gasteiger partial charge is 0.0911 e. The molecule has 0 aromatic rings. The molecule has 13 heavy (non-hydrogen) atoms. The van der Waals surface area contributed by atoms with E-state index in [1.807, 2.05) is 6.08 Å². The second-order valence-corrected chi connectivity index (χ2v) is 5.08. The summed E-state index contributed by atoms with van der Waals surface area (Å²) in [6.45, 7) is 0. The minimum Gasteiger partial charge on any atom is -0.193 e. The number of nitriles is 1. The molecule has 0 aromatic heterocycles. The van der Waals surface area contributed by atoms with Gasteiger partial charge in [-0.2, -0.15) is 5.26 Å². The zero-order valence-corrected chi connectivity index (χ0v) is 7.87. The highest BCUT2D eigenvalue weighted by Gasteiger charge is 2.44. The van der Waals surface area contributed by atoms with E-state index in [2.05, 4.69) is 6.07 Å². The Morgan fingerprint density at radius 2 is 1.54 bits per heavy atom. The van der Waals surface area contributed by atoms with Crippen molar-refractivity contribution in [1.82, 2.24) is 0 Å². The number of rotatable bonds is 0. The third-order valence-corrected chi connectivity index (χ3v) is 4.31. The lowest BCUT2D eigenvalue weighted by atomic mass is 9.54. The maximum atomic E-state index is 8.72. The molecule has 1 heteroatoms. The number of hydrogen-bond donors (Lipinski definition) is 0. The van der Waals surface area contributed by atoms with Gasteiger partial charge in [0.15, 0.2) is 0 Å². The van der Waals surface area contributed by atoms with Crippen molar-refractivity contribution in [3.05, 3.63) is 11.6 Å². The summed E-state index contributed by atoms with van der Waals surface area (Å²) in [5.74, 6) is 3.63. The van der Waals surface area contributed by atoms with Gasteiger partial charge in [0.1, 0.15) is 0 Å². The number of hydrogen-bond acceptors (Lipinski definition) is 1. The van der Waals surface area contributed by atoms with Crippen LogP contribution >= 0.6 is 0 Å². The third-order valence-electron chi connectivity index (χ3n) is 4.31. The van der Waals surface area contributed by atoms with Crippen LogP contribution in [-0.2, 0) is 0 Å². The molecule has 1 nitrogen and oxygen atoms in total. The zero-order chi connectivity index (χ0) is 8.84. The second kappa shape index (κ2) is 2.61. The van der Waals surface area contributed by atoms with Gasteiger partial charge in [-0.05, 0) is 55.8 Å². The molecule has 0 aromatic carbocycles. The Morgan fingerprint density at radius 3 is 2.00 bits per heavy atom. The Kier molecular flexibility index (Phi) is 1.53. The molecule has 4 aliphatic carbocycles. The number of nitrogens with zero attached hydrogens (tertiary/aromatic N) is 1. The van der Waals surface area contributed by atoms with Crippen LogP contribution in [0.4, 0.5) is 0 Å². The van der Waals surface area contributed by atoms with Crippen LogP contribution in [0.2, 0.25) is 0 Å². The van der Waals surface area contributed by atoms with Gasteiger partial charge in [-0.15, -0.1) is 0 Å². The monoisotopic (exact) mass is 173 g/mol. The average Bonchev–Trinajstić information content (AvgIpc) is 2.10. The van der Waals surface area contributed by atoms with Crippen molar-refractivity contribution in [1.29, 1.82) is 5.26 Å². The largest absolute Gasteiger partial charge is 0.193 e. The molecule has 4 saturated carbocycles. The van der Waals surface area contributed by atoms with E-state index >= 15 is 0 Å². The van der Waals surface area contributed by atoms with E-state index in [0.29, 0.717) is 0 Å². The van der Waals surface area contributed by atoms with Crippen LogP contribution in [0.5, 0.6) is 0 Å². The predicted octanol–water partition coefficient (Wildman–Crippen LogP) is 2.89. The van der Waals surface area contributed by atoms with Crippen LogP contribution in [0.15, 0.2) is 11.6 Å². The van der Waals surface area contributed by atoms with Gasteiger partial charge < -0.3 is 0 Å². The zero-order valence-electron chi connectivity index (χ0n) is 7.87. The van der Waals surface area contributed by atoms with Crippen molar-refractivity contribution in [3.8, 4) is 6.07 Å². The Bertz CT molecular complexity index is 265. The first-order valence-electron chi connectivity index (χ1n) is 5.46. The van der Waals surface area contributed by atoms with Crippen LogP contribution in [0.1, 0.15) is 32.1 Å². The molecule has 4 aliphatic rings. The second-order valence-electron chi connectivity index (χ2n) is 5.08. The molecular formula is C12H15N. The van der Waals surface area contributed by atoms with Gasteiger partial charge in [0.2, 0.25) is 0 Å². The summed E-state index contributed by atoms with van der Waals surface area (Å²) < 4.78 is 0. The lowest BCUT2D eigenvalue weighted by Crippen LogP contribution is -2.40. The SMILES string of the molecule is N#CC=C1C2CC3CC(C2)CC1C3. The molecule has 4 rings (SSSR count). The van der Waals surface area contributed by atoms with E-state index in [1.165, 1.54) is 37.7 Å². The highest BCUT2D eigenvalue weighted by atomic mass is 14.5. The highest BCUT2D eigenvalue weighted by Crippen LogP contribution is 2.56. The summed E-state index contributed by atoms with van der Waals surface area (Å²) in [4.78, 5) is 0. The standard InChI is InChI=1S/C12H15N/c13-2-1-12-10-4-8-3-9(6-10)7-11(12)5-8/h1,8-11H,3-7H2. The van der Waals surface area contributed by atoms with Gasteiger partial charge in [0.05, 0.1) is 6.07 Å². The maximum absolute atomic E-state index is 8.72. The van der Waals surface area contributed by atoms with E-state index in [4.69, 9.17) is 5.26 Å². The van der Waals surface area contributed by atoms with Gasteiger partial charge in [0.25, 0.3) is 0 Å². The van der Waals surface area contributed by atoms with Crippen molar-refractivity contribution >= 4 is 0 Å². The van der Waals surface area contributed by atoms with Gasteiger partial charge >= 0.3 is 0 Å². The molecule has 0 spiro atoms. The molecule has 0 amide bonds. The normalized spacial score (nSPS) is 46.2. The molecule has 0 unspecified atom stereocenters. The highest BCUT2D eigenvalue weighted by molar-refractivity contribution is 5.25. The van der Waals surface area contributed by atoms with E-state index in [0.717, 1.165) is 23.7 Å². The van der Waals surface area contributed by atoms with Crippen LogP contribution < -0.4 is 0 Å². The van der Waals surface area contributed by atoms with Crippen molar-refractivity contribution in [2.75, 3.05) is 0 Å². The molecule has 0 atom stereocenters. The fraction of sp³-hybridized carbons (Fsp3) is 0.750. The van der Waals surface area contributed by atoms with Gasteiger partial charge in [-0.1, -0.05) is 5.57 Å². The lowest BCUT2D eigenvalue weighted by molar-refractivity contribution is 0.0698. The first-order valence-corrected chi connectivity index (χ1v) is 5.46. The molecular weight excluding hydrogens is 158 g/mol. The van der Waals surface area contributed by atoms with E-state index < -0.39 is 0 Å². The molecule has 68 valence electrons. The first-order chi connectivity index (χ1) is 6.36. The minimum absolute atomic E-state index is 0.802. The molecule has 4 fully saturated rings. The summed E-state index contributed by atoms with van der Waals surface area (Å²) in [7, 11) is 0. The predicted molar refractivity (Wildman–Crippen MR) is 50.7 cm³/mol. The molecule has 0 heterocycles. The van der Waals surface area contributed by atoms with E-state index in [-0.39, 0.29) is 0 Å². The first kappa shape index (κ1) is 7.62. The Hall–Kier alpha value is -0.770. The Labute approximate surface area is 79.4 Å². The fourth-order valence-corrected chi connectivity index (χ4v) is 4.04. The van der Waals surface area contributed by atoms with Crippen LogP contribution in [0.25, 0.3) is 0 Å². The minimum atomic E-state index is 0.802. The Balaban J connectivity index is 1.94. The van der Waals surface area contributed by atoms with E-state index in [1.54, 1.807) is 0 Å². The third kappa shape index (κ3) is 1.05. The maximum Gasteiger partial charge on any atom is 0.0911 e. The molecule has 0 aliphatic heterocycles. The fourth-order valence-electron chi connectivity index (χ4n) is 4.04. The van der Waals surface area contributed by atoms with Crippen LogP contribution in [0.3, 0.4) is 0 Å². The molecule has 0 saturated heterocycles. The van der Waals surface area contributed by atoms with Gasteiger partial charge in [0, 0.05) is 6.08 Å². The quantitative estimate of drug-likeness (QED) is 0.517. The van der Waals surface area contributed by atoms with Crippen LogP contribution in [-0.4, -0.2) is 0 Å². The molecule has 0 N–H and O–H groups in total. The summed E-state index contributed by atoms with van der Waals surface area (Å²) >= 11 is 0. The average molecular weight is 173 g/mol. The summed E-state index contributed by atoms with van der Waals surface area (Å²) in [6, 6.07) is 2.23. The topological polar surface area (TPSA) is 23.8 Å². The van der Waals surface area contributed by atoms with Gasteiger partial charge in [-0.3, -0.25) is 0 Å². The van der Waals surface area contributed by atoms with Crippen molar-refractivity contribution in [3.63, 3.8) is 0 Å². The van der Waals surface area contributed by atoms with Crippen LogP contribution in [0, 0.1) is 35.0 Å². The van der Waals surface area contributed by atoms with E-state index in [9.17, 15) is 0 Å².